The van der Waals surface area contributed by atoms with Crippen molar-refractivity contribution in [2.24, 2.45) is 0 Å². The predicted molar refractivity (Wildman–Crippen MR) is 86.7 cm³/mol. The van der Waals surface area contributed by atoms with Crippen molar-refractivity contribution in [3.05, 3.63) is 24.3 Å². The first-order valence-electron chi connectivity index (χ1n) is 8.12. The number of hydrogen-bond donors (Lipinski definition) is 0. The highest BCUT2D eigenvalue weighted by Crippen LogP contribution is 2.21. The highest BCUT2D eigenvalue weighted by Gasteiger charge is 2.23. The Kier molecular flexibility index (Phi) is 5.03. The van der Waals surface area contributed by atoms with Crippen LogP contribution < -0.4 is 9.64 Å². The van der Waals surface area contributed by atoms with Gasteiger partial charge in [0.05, 0.1) is 6.61 Å². The Balaban J connectivity index is 1.48. The number of carbonyl (C=O) groups is 1. The highest BCUT2D eigenvalue weighted by molar-refractivity contribution is 5.73. The van der Waals surface area contributed by atoms with E-state index in [0.717, 1.165) is 37.6 Å². The van der Waals surface area contributed by atoms with Crippen molar-refractivity contribution in [3.8, 4) is 5.75 Å². The number of anilines is 1. The summed E-state index contributed by atoms with van der Waals surface area (Å²) in [4.78, 5) is 15.5. The fourth-order valence-corrected chi connectivity index (χ4v) is 2.90. The van der Waals surface area contributed by atoms with Gasteiger partial charge in [-0.3, -0.25) is 4.79 Å². The van der Waals surface area contributed by atoms with E-state index in [-0.39, 0.29) is 18.3 Å². The van der Waals surface area contributed by atoms with E-state index in [2.05, 4.69) is 17.0 Å². The van der Waals surface area contributed by atoms with Crippen molar-refractivity contribution in [1.82, 2.24) is 4.90 Å². The predicted octanol–water partition coefficient (Wildman–Crippen LogP) is 1.50. The molecule has 6 nitrogen and oxygen atoms in total. The number of hydrogen-bond acceptors (Lipinski definition) is 5. The summed E-state index contributed by atoms with van der Waals surface area (Å²) in [5.74, 6) is 0.986. The van der Waals surface area contributed by atoms with Gasteiger partial charge in [0.1, 0.15) is 18.5 Å². The molecule has 0 aromatic heterocycles. The highest BCUT2D eigenvalue weighted by atomic mass is 16.7. The van der Waals surface area contributed by atoms with Gasteiger partial charge in [0.2, 0.25) is 5.91 Å². The van der Waals surface area contributed by atoms with Crippen LogP contribution in [0.5, 0.6) is 5.75 Å². The number of amides is 1. The molecule has 1 aromatic rings. The summed E-state index contributed by atoms with van der Waals surface area (Å²) < 4.78 is 16.6. The Hall–Kier alpha value is -1.79. The van der Waals surface area contributed by atoms with Crippen molar-refractivity contribution < 1.29 is 19.0 Å². The third-order valence-corrected chi connectivity index (χ3v) is 4.26. The Labute approximate surface area is 136 Å². The molecule has 2 atom stereocenters. The Bertz CT molecular complexity index is 526. The van der Waals surface area contributed by atoms with Crippen molar-refractivity contribution in [2.75, 3.05) is 44.3 Å². The molecule has 2 aliphatic rings. The second-order valence-corrected chi connectivity index (χ2v) is 5.96. The second kappa shape index (κ2) is 7.19. The summed E-state index contributed by atoms with van der Waals surface area (Å²) in [6.07, 6.45) is -0.135. The molecule has 0 saturated carbocycles. The van der Waals surface area contributed by atoms with Crippen LogP contribution in [0, 0.1) is 0 Å². The zero-order valence-electron chi connectivity index (χ0n) is 13.7. The van der Waals surface area contributed by atoms with Crippen LogP contribution in [0.15, 0.2) is 24.3 Å². The second-order valence-electron chi connectivity index (χ2n) is 5.96. The Morgan fingerprint density at radius 2 is 1.91 bits per heavy atom. The van der Waals surface area contributed by atoms with E-state index < -0.39 is 0 Å². The molecule has 0 spiro atoms. The van der Waals surface area contributed by atoms with Crippen LogP contribution in [0.25, 0.3) is 0 Å². The molecule has 0 bridgehead atoms. The van der Waals surface area contributed by atoms with Gasteiger partial charge in [-0.05, 0) is 31.2 Å². The number of carbonyl (C=O) groups excluding carboxylic acids is 1. The maximum atomic E-state index is 11.4. The summed E-state index contributed by atoms with van der Waals surface area (Å²) >= 11 is 0. The maximum absolute atomic E-state index is 11.4. The molecule has 0 aliphatic carbocycles. The van der Waals surface area contributed by atoms with Crippen molar-refractivity contribution >= 4 is 11.6 Å². The van der Waals surface area contributed by atoms with Crippen LogP contribution in [0.1, 0.15) is 13.8 Å². The SMILES string of the molecule is CC(=O)N1CCN(c2ccc(OCC3COC(C)O3)cc2)CC1. The molecule has 2 fully saturated rings. The molecule has 1 amide bonds. The Morgan fingerprint density at radius 3 is 2.48 bits per heavy atom. The number of piperazine rings is 1. The van der Waals surface area contributed by atoms with Gasteiger partial charge in [0.25, 0.3) is 0 Å². The smallest absolute Gasteiger partial charge is 0.219 e. The third kappa shape index (κ3) is 4.14. The van der Waals surface area contributed by atoms with Gasteiger partial charge in [0.15, 0.2) is 6.29 Å². The van der Waals surface area contributed by atoms with E-state index in [1.54, 1.807) is 6.92 Å². The molecule has 2 unspecified atom stereocenters. The first kappa shape index (κ1) is 16.1. The minimum absolute atomic E-state index is 0.00401. The number of nitrogens with zero attached hydrogens (tertiary/aromatic N) is 2. The van der Waals surface area contributed by atoms with E-state index in [1.807, 2.05) is 24.0 Å². The van der Waals surface area contributed by atoms with Gasteiger partial charge in [-0.15, -0.1) is 0 Å². The fourth-order valence-electron chi connectivity index (χ4n) is 2.90. The van der Waals surface area contributed by atoms with Crippen molar-refractivity contribution in [2.45, 2.75) is 26.2 Å². The molecule has 3 rings (SSSR count). The van der Waals surface area contributed by atoms with Crippen LogP contribution in [0.3, 0.4) is 0 Å². The average Bonchev–Trinajstić information content (AvgIpc) is 2.99. The lowest BCUT2D eigenvalue weighted by Crippen LogP contribution is -2.48. The molecule has 2 saturated heterocycles. The van der Waals surface area contributed by atoms with Gasteiger partial charge in [-0.1, -0.05) is 0 Å². The molecule has 23 heavy (non-hydrogen) atoms. The van der Waals surface area contributed by atoms with Crippen molar-refractivity contribution in [1.29, 1.82) is 0 Å². The lowest BCUT2D eigenvalue weighted by atomic mass is 10.2. The van der Waals surface area contributed by atoms with Crippen LogP contribution in [-0.4, -0.2) is 62.6 Å². The molecular weight excluding hydrogens is 296 g/mol. The van der Waals surface area contributed by atoms with Crippen LogP contribution in [-0.2, 0) is 14.3 Å². The molecule has 0 radical (unpaired) electrons. The van der Waals surface area contributed by atoms with Crippen LogP contribution in [0.4, 0.5) is 5.69 Å². The van der Waals surface area contributed by atoms with Gasteiger partial charge in [-0.2, -0.15) is 0 Å². The largest absolute Gasteiger partial charge is 0.491 e. The lowest BCUT2D eigenvalue weighted by molar-refractivity contribution is -0.129. The van der Waals surface area contributed by atoms with E-state index in [4.69, 9.17) is 14.2 Å². The van der Waals surface area contributed by atoms with Crippen LogP contribution in [0.2, 0.25) is 0 Å². The summed E-state index contributed by atoms with van der Waals surface area (Å²) in [6, 6.07) is 8.08. The molecule has 6 heteroatoms. The molecule has 2 heterocycles. The van der Waals surface area contributed by atoms with E-state index >= 15 is 0 Å². The standard InChI is InChI=1S/C17H24N2O4/c1-13(20)18-7-9-19(10-8-18)15-3-5-16(6-4-15)22-12-17-11-21-14(2)23-17/h3-6,14,17H,7-12H2,1-2H3. The minimum atomic E-state index is -0.139. The average molecular weight is 320 g/mol. The molecule has 126 valence electrons. The van der Waals surface area contributed by atoms with Gasteiger partial charge in [-0.25, -0.2) is 0 Å². The first-order chi connectivity index (χ1) is 11.1. The molecule has 1 aromatic carbocycles. The third-order valence-electron chi connectivity index (χ3n) is 4.26. The summed E-state index contributed by atoms with van der Waals surface area (Å²) in [5, 5.41) is 0. The minimum Gasteiger partial charge on any atom is -0.491 e. The fraction of sp³-hybridized carbons (Fsp3) is 0.588. The van der Waals surface area contributed by atoms with Crippen LogP contribution >= 0.6 is 0 Å². The van der Waals surface area contributed by atoms with Gasteiger partial charge >= 0.3 is 0 Å². The van der Waals surface area contributed by atoms with Gasteiger partial charge < -0.3 is 24.0 Å². The number of rotatable bonds is 4. The molecular formula is C17H24N2O4. The maximum Gasteiger partial charge on any atom is 0.219 e. The zero-order chi connectivity index (χ0) is 16.2. The number of benzene rings is 1. The van der Waals surface area contributed by atoms with E-state index in [9.17, 15) is 4.79 Å². The summed E-state index contributed by atoms with van der Waals surface area (Å²) in [7, 11) is 0. The molecule has 0 N–H and O–H groups in total. The first-order valence-corrected chi connectivity index (χ1v) is 8.12. The van der Waals surface area contributed by atoms with Gasteiger partial charge in [0, 0.05) is 38.8 Å². The van der Waals surface area contributed by atoms with E-state index in [0.29, 0.717) is 13.2 Å². The topological polar surface area (TPSA) is 51.2 Å². The monoisotopic (exact) mass is 320 g/mol. The molecule has 2 aliphatic heterocycles. The van der Waals surface area contributed by atoms with E-state index in [1.165, 1.54) is 0 Å². The zero-order valence-corrected chi connectivity index (χ0v) is 13.7. The quantitative estimate of drug-likeness (QED) is 0.841. The number of ether oxygens (including phenoxy) is 3. The Morgan fingerprint density at radius 1 is 1.22 bits per heavy atom. The normalized spacial score (nSPS) is 24.8. The summed E-state index contributed by atoms with van der Waals surface area (Å²) in [6.45, 7) is 7.90. The van der Waals surface area contributed by atoms with Crippen molar-refractivity contribution in [3.63, 3.8) is 0 Å². The summed E-state index contributed by atoms with van der Waals surface area (Å²) in [5.41, 5.74) is 1.16. The lowest BCUT2D eigenvalue weighted by Gasteiger charge is -2.35.